The van der Waals surface area contributed by atoms with Crippen LogP contribution in [0, 0.1) is 17.6 Å². The molecule has 0 bridgehead atoms. The Hall–Kier alpha value is -1.49. The van der Waals surface area contributed by atoms with Crippen molar-refractivity contribution in [3.63, 3.8) is 0 Å². The lowest BCUT2D eigenvalue weighted by atomic mass is 10.0. The minimum absolute atomic E-state index is 0.143. The molecule has 2 rings (SSSR count). The molecule has 1 aromatic rings. The summed E-state index contributed by atoms with van der Waals surface area (Å²) in [6.45, 7) is 2.28. The van der Waals surface area contributed by atoms with Crippen molar-refractivity contribution in [1.29, 1.82) is 0 Å². The van der Waals surface area contributed by atoms with Crippen LogP contribution in [0.15, 0.2) is 18.2 Å². The Morgan fingerprint density at radius 3 is 2.83 bits per heavy atom. The molecule has 3 nitrogen and oxygen atoms in total. The molecule has 2 atom stereocenters. The standard InChI is InChI=1S/C13H15F2NO2/c1-8-4-5-16(12(8)7-17)13(18)10-3-2-9(14)6-11(10)15/h2-3,6,8,12,17H,4-5,7H2,1H3. The minimum Gasteiger partial charge on any atom is -0.394 e. The first-order valence-electron chi connectivity index (χ1n) is 5.91. The van der Waals surface area contributed by atoms with Gasteiger partial charge < -0.3 is 10.0 Å². The van der Waals surface area contributed by atoms with E-state index in [9.17, 15) is 18.7 Å². The van der Waals surface area contributed by atoms with Gasteiger partial charge >= 0.3 is 0 Å². The highest BCUT2D eigenvalue weighted by molar-refractivity contribution is 5.94. The van der Waals surface area contributed by atoms with E-state index in [4.69, 9.17) is 0 Å². The van der Waals surface area contributed by atoms with Gasteiger partial charge in [-0.25, -0.2) is 8.78 Å². The minimum atomic E-state index is -0.865. The third-order valence-corrected chi connectivity index (χ3v) is 3.49. The number of amides is 1. The van der Waals surface area contributed by atoms with Gasteiger partial charge in [0.15, 0.2) is 0 Å². The SMILES string of the molecule is CC1CCN(C(=O)c2ccc(F)cc2F)C1CO. The van der Waals surface area contributed by atoms with E-state index in [1.807, 2.05) is 6.92 Å². The van der Waals surface area contributed by atoms with Crippen molar-refractivity contribution in [3.8, 4) is 0 Å². The lowest BCUT2D eigenvalue weighted by Crippen LogP contribution is -2.40. The zero-order chi connectivity index (χ0) is 13.3. The molecule has 1 aliphatic heterocycles. The maximum absolute atomic E-state index is 13.5. The van der Waals surface area contributed by atoms with Gasteiger partial charge in [-0.2, -0.15) is 0 Å². The van der Waals surface area contributed by atoms with Crippen molar-refractivity contribution < 1.29 is 18.7 Å². The molecular formula is C13H15F2NO2. The first-order valence-corrected chi connectivity index (χ1v) is 5.91. The van der Waals surface area contributed by atoms with E-state index in [1.54, 1.807) is 0 Å². The van der Waals surface area contributed by atoms with Gasteiger partial charge in [0.25, 0.3) is 5.91 Å². The number of aliphatic hydroxyl groups is 1. The maximum atomic E-state index is 13.5. The number of hydrogen-bond donors (Lipinski definition) is 1. The molecule has 5 heteroatoms. The molecule has 0 spiro atoms. The highest BCUT2D eigenvalue weighted by atomic mass is 19.1. The number of halogens is 2. The Labute approximate surface area is 104 Å². The molecule has 0 saturated carbocycles. The van der Waals surface area contributed by atoms with Crippen molar-refractivity contribution in [1.82, 2.24) is 4.90 Å². The van der Waals surface area contributed by atoms with Crippen molar-refractivity contribution in [2.75, 3.05) is 13.2 Å². The largest absolute Gasteiger partial charge is 0.394 e. The molecule has 1 N–H and O–H groups in total. The normalized spacial score (nSPS) is 23.4. The second-order valence-electron chi connectivity index (χ2n) is 4.64. The van der Waals surface area contributed by atoms with Crippen LogP contribution in [0.5, 0.6) is 0 Å². The van der Waals surface area contributed by atoms with Crippen LogP contribution in [0.25, 0.3) is 0 Å². The number of carbonyl (C=O) groups excluding carboxylic acids is 1. The van der Waals surface area contributed by atoms with Crippen LogP contribution in [-0.2, 0) is 0 Å². The summed E-state index contributed by atoms with van der Waals surface area (Å²) >= 11 is 0. The molecule has 1 fully saturated rings. The molecule has 1 heterocycles. The zero-order valence-corrected chi connectivity index (χ0v) is 10.1. The molecule has 1 aromatic carbocycles. The molecule has 98 valence electrons. The van der Waals surface area contributed by atoms with Gasteiger partial charge in [0.1, 0.15) is 11.6 Å². The maximum Gasteiger partial charge on any atom is 0.257 e. The number of rotatable bonds is 2. The summed E-state index contributed by atoms with van der Waals surface area (Å²) in [6, 6.07) is 2.61. The fourth-order valence-corrected chi connectivity index (χ4v) is 2.36. The Morgan fingerprint density at radius 2 is 2.22 bits per heavy atom. The highest BCUT2D eigenvalue weighted by Gasteiger charge is 2.35. The molecular weight excluding hydrogens is 240 g/mol. The lowest BCUT2D eigenvalue weighted by molar-refractivity contribution is 0.0643. The molecule has 1 aliphatic rings. The van der Waals surface area contributed by atoms with Gasteiger partial charge in [-0.15, -0.1) is 0 Å². The Morgan fingerprint density at radius 1 is 1.50 bits per heavy atom. The van der Waals surface area contributed by atoms with E-state index < -0.39 is 17.5 Å². The number of nitrogens with zero attached hydrogens (tertiary/aromatic N) is 1. The lowest BCUT2D eigenvalue weighted by Gasteiger charge is -2.25. The summed E-state index contributed by atoms with van der Waals surface area (Å²) in [4.78, 5) is 13.6. The van der Waals surface area contributed by atoms with Gasteiger partial charge in [-0.3, -0.25) is 4.79 Å². The summed E-state index contributed by atoms with van der Waals surface area (Å²) in [5.74, 6) is -1.88. The Kier molecular flexibility index (Phi) is 3.61. The van der Waals surface area contributed by atoms with E-state index >= 15 is 0 Å². The average molecular weight is 255 g/mol. The third-order valence-electron chi connectivity index (χ3n) is 3.49. The molecule has 18 heavy (non-hydrogen) atoms. The second kappa shape index (κ2) is 5.02. The third kappa shape index (κ3) is 2.22. The van der Waals surface area contributed by atoms with E-state index in [0.29, 0.717) is 12.6 Å². The number of carbonyl (C=O) groups is 1. The van der Waals surface area contributed by atoms with Crippen molar-refractivity contribution in [2.45, 2.75) is 19.4 Å². The fourth-order valence-electron chi connectivity index (χ4n) is 2.36. The second-order valence-corrected chi connectivity index (χ2v) is 4.64. The Balaban J connectivity index is 2.26. The van der Waals surface area contributed by atoms with Crippen LogP contribution in [0.1, 0.15) is 23.7 Å². The van der Waals surface area contributed by atoms with Crippen LogP contribution in [0.2, 0.25) is 0 Å². The molecule has 0 aromatic heterocycles. The van der Waals surface area contributed by atoms with E-state index in [1.165, 1.54) is 4.90 Å². The van der Waals surface area contributed by atoms with Crippen LogP contribution in [-0.4, -0.2) is 35.1 Å². The molecule has 0 aliphatic carbocycles. The zero-order valence-electron chi connectivity index (χ0n) is 10.1. The summed E-state index contributed by atoms with van der Waals surface area (Å²) in [5, 5.41) is 9.27. The van der Waals surface area contributed by atoms with E-state index in [0.717, 1.165) is 18.6 Å². The van der Waals surface area contributed by atoms with Crippen LogP contribution < -0.4 is 0 Å². The van der Waals surface area contributed by atoms with Crippen LogP contribution in [0.3, 0.4) is 0 Å². The average Bonchev–Trinajstić information content (AvgIpc) is 2.69. The van der Waals surface area contributed by atoms with E-state index in [2.05, 4.69) is 0 Å². The quantitative estimate of drug-likeness (QED) is 0.875. The smallest absolute Gasteiger partial charge is 0.257 e. The first-order chi connectivity index (χ1) is 8.54. The van der Waals surface area contributed by atoms with Crippen molar-refractivity contribution in [3.05, 3.63) is 35.4 Å². The van der Waals surface area contributed by atoms with Crippen LogP contribution in [0.4, 0.5) is 8.78 Å². The van der Waals surface area contributed by atoms with Gasteiger partial charge in [0.2, 0.25) is 0 Å². The summed E-state index contributed by atoms with van der Waals surface area (Å²) in [6.07, 6.45) is 0.778. The summed E-state index contributed by atoms with van der Waals surface area (Å²) in [5.41, 5.74) is -0.149. The number of benzene rings is 1. The summed E-state index contributed by atoms with van der Waals surface area (Å²) in [7, 11) is 0. The monoisotopic (exact) mass is 255 g/mol. The molecule has 0 radical (unpaired) electrons. The highest BCUT2D eigenvalue weighted by Crippen LogP contribution is 2.26. The molecule has 1 saturated heterocycles. The van der Waals surface area contributed by atoms with Crippen molar-refractivity contribution >= 4 is 5.91 Å². The number of likely N-dealkylation sites (tertiary alicyclic amines) is 1. The molecule has 2 unspecified atom stereocenters. The van der Waals surface area contributed by atoms with Gasteiger partial charge in [-0.05, 0) is 24.5 Å². The topological polar surface area (TPSA) is 40.5 Å². The number of aliphatic hydroxyl groups excluding tert-OH is 1. The summed E-state index contributed by atoms with van der Waals surface area (Å²) < 4.78 is 26.3. The van der Waals surface area contributed by atoms with Crippen molar-refractivity contribution in [2.24, 2.45) is 5.92 Å². The molecule has 1 amide bonds. The first kappa shape index (κ1) is 13.0. The van der Waals surface area contributed by atoms with Gasteiger partial charge in [0, 0.05) is 12.6 Å². The Bertz CT molecular complexity index is 464. The number of hydrogen-bond acceptors (Lipinski definition) is 2. The van der Waals surface area contributed by atoms with Gasteiger partial charge in [0.05, 0.1) is 18.2 Å². The predicted molar refractivity (Wildman–Crippen MR) is 62.0 cm³/mol. The predicted octanol–water partition coefficient (Wildman–Crippen LogP) is 1.81. The van der Waals surface area contributed by atoms with Crippen LogP contribution >= 0.6 is 0 Å². The van der Waals surface area contributed by atoms with Gasteiger partial charge in [-0.1, -0.05) is 6.92 Å². The fraction of sp³-hybridized carbons (Fsp3) is 0.462. The van der Waals surface area contributed by atoms with E-state index in [-0.39, 0.29) is 24.1 Å².